The molecule has 0 amide bonds. The maximum absolute atomic E-state index is 13.1. The van der Waals surface area contributed by atoms with E-state index in [1.807, 2.05) is 6.92 Å². The molecule has 1 aliphatic carbocycles. The lowest BCUT2D eigenvalue weighted by atomic mass is 9.69. The number of aromatic nitrogens is 2. The zero-order valence-corrected chi connectivity index (χ0v) is 16.9. The monoisotopic (exact) mass is 397 g/mol. The summed E-state index contributed by atoms with van der Waals surface area (Å²) in [6, 6.07) is 6.69. The van der Waals surface area contributed by atoms with Crippen LogP contribution >= 0.6 is 11.8 Å². The molecule has 1 aromatic carbocycles. The third-order valence-corrected chi connectivity index (χ3v) is 5.96. The smallest absolute Gasteiger partial charge is 0.257 e. The molecular weight excluding hydrogens is 374 g/mol. The van der Waals surface area contributed by atoms with Gasteiger partial charge in [0.05, 0.1) is 5.56 Å². The van der Waals surface area contributed by atoms with Crippen molar-refractivity contribution in [3.05, 3.63) is 57.0 Å². The van der Waals surface area contributed by atoms with Gasteiger partial charge in [-0.05, 0) is 35.3 Å². The summed E-state index contributed by atoms with van der Waals surface area (Å²) in [5.41, 5.74) is 2.35. The van der Waals surface area contributed by atoms with Crippen molar-refractivity contribution in [3.8, 4) is 5.75 Å². The van der Waals surface area contributed by atoms with Gasteiger partial charge in [0.1, 0.15) is 11.6 Å². The van der Waals surface area contributed by atoms with Crippen LogP contribution in [0.4, 0.5) is 5.82 Å². The third-order valence-electron chi connectivity index (χ3n) is 5.21. The number of H-pyrrole nitrogens is 1. The van der Waals surface area contributed by atoms with Crippen LogP contribution in [0.2, 0.25) is 0 Å². The molecular formula is C21H23N3O3S. The number of nitrogens with zero attached hydrogens (tertiary/aromatic N) is 1. The quantitative estimate of drug-likeness (QED) is 0.539. The van der Waals surface area contributed by atoms with Crippen LogP contribution in [-0.2, 0) is 4.79 Å². The van der Waals surface area contributed by atoms with Crippen molar-refractivity contribution in [1.29, 1.82) is 0 Å². The van der Waals surface area contributed by atoms with Crippen LogP contribution in [0.1, 0.15) is 50.7 Å². The number of benzene rings is 1. The number of phenolic OH excluding ortho intramolecular Hbond substituents is 1. The minimum Gasteiger partial charge on any atom is -0.508 e. The van der Waals surface area contributed by atoms with Crippen LogP contribution in [0.25, 0.3) is 0 Å². The average molecular weight is 398 g/mol. The molecule has 4 rings (SSSR count). The number of hydrogen-bond acceptors (Lipinski definition) is 6. The number of thioether (sulfide) groups is 1. The van der Waals surface area contributed by atoms with Crippen molar-refractivity contribution in [3.63, 3.8) is 0 Å². The molecule has 1 aromatic heterocycles. The molecule has 7 heteroatoms. The highest BCUT2D eigenvalue weighted by molar-refractivity contribution is 7.99. The number of rotatable bonds is 3. The molecule has 2 aliphatic rings. The maximum Gasteiger partial charge on any atom is 0.257 e. The second-order valence-corrected chi connectivity index (χ2v) is 9.30. The number of carbonyl (C=O) groups excluding carboxylic acids is 1. The lowest BCUT2D eigenvalue weighted by Gasteiger charge is -2.38. The van der Waals surface area contributed by atoms with E-state index in [9.17, 15) is 14.7 Å². The largest absolute Gasteiger partial charge is 0.508 e. The topological polar surface area (TPSA) is 95.1 Å². The Labute approximate surface area is 167 Å². The zero-order valence-electron chi connectivity index (χ0n) is 16.1. The van der Waals surface area contributed by atoms with Crippen molar-refractivity contribution in [2.24, 2.45) is 5.41 Å². The molecule has 0 radical (unpaired) electrons. The summed E-state index contributed by atoms with van der Waals surface area (Å²) in [4.78, 5) is 33.6. The Morgan fingerprint density at radius 1 is 1.21 bits per heavy atom. The van der Waals surface area contributed by atoms with Gasteiger partial charge in [0.15, 0.2) is 10.9 Å². The van der Waals surface area contributed by atoms with Crippen LogP contribution in [-0.4, -0.2) is 26.6 Å². The number of fused-ring (bicyclic) bond motifs is 1. The molecule has 28 heavy (non-hydrogen) atoms. The van der Waals surface area contributed by atoms with Gasteiger partial charge in [-0.25, -0.2) is 4.98 Å². The van der Waals surface area contributed by atoms with Gasteiger partial charge >= 0.3 is 0 Å². The Hall–Kier alpha value is -2.54. The number of aromatic hydroxyl groups is 1. The van der Waals surface area contributed by atoms with E-state index in [1.54, 1.807) is 24.3 Å². The Bertz CT molecular complexity index is 1040. The minimum absolute atomic E-state index is 0.0499. The first-order valence-electron chi connectivity index (χ1n) is 9.38. The number of hydrogen-bond donors (Lipinski definition) is 3. The third kappa shape index (κ3) is 3.24. The fraction of sp³-hybridized carbons (Fsp3) is 0.381. The van der Waals surface area contributed by atoms with E-state index in [0.717, 1.165) is 17.0 Å². The molecule has 0 bridgehead atoms. The standard InChI is InChI=1S/C21H23N3O3S/c1-4-28-20-23-18-17(19(27)24-20)15(11-5-7-12(25)8-6-11)16-13(22-18)9-21(2,3)10-14(16)26/h5-8,15,25H,4,9-10H2,1-3H3,(H2,22,23,24,27)/t15-/m1/s1. The van der Waals surface area contributed by atoms with E-state index >= 15 is 0 Å². The van der Waals surface area contributed by atoms with E-state index in [4.69, 9.17) is 0 Å². The zero-order chi connectivity index (χ0) is 20.1. The summed E-state index contributed by atoms with van der Waals surface area (Å²) >= 11 is 1.47. The van der Waals surface area contributed by atoms with Crippen molar-refractivity contribution >= 4 is 23.4 Å². The highest BCUT2D eigenvalue weighted by atomic mass is 32.2. The van der Waals surface area contributed by atoms with E-state index in [1.165, 1.54) is 11.8 Å². The molecule has 146 valence electrons. The molecule has 0 saturated heterocycles. The van der Waals surface area contributed by atoms with E-state index in [-0.39, 0.29) is 22.5 Å². The lowest BCUT2D eigenvalue weighted by Crippen LogP contribution is -2.37. The lowest BCUT2D eigenvalue weighted by molar-refractivity contribution is -0.118. The number of phenols is 1. The van der Waals surface area contributed by atoms with Gasteiger partial charge < -0.3 is 15.4 Å². The fourth-order valence-electron chi connectivity index (χ4n) is 4.10. The number of allylic oxidation sites excluding steroid dienone is 2. The fourth-order valence-corrected chi connectivity index (χ4v) is 4.69. The molecule has 0 fully saturated rings. The van der Waals surface area contributed by atoms with Crippen molar-refractivity contribution in [2.75, 3.05) is 11.1 Å². The van der Waals surface area contributed by atoms with Crippen LogP contribution in [0, 0.1) is 5.41 Å². The Morgan fingerprint density at radius 3 is 2.61 bits per heavy atom. The second-order valence-electron chi connectivity index (χ2n) is 8.05. The SMILES string of the molecule is CCSc1nc2c(c(=O)[nH]1)[C@H](c1ccc(O)cc1)C1=C(CC(C)(C)CC1=O)N2. The second kappa shape index (κ2) is 6.81. The molecule has 0 unspecified atom stereocenters. The van der Waals surface area contributed by atoms with Crippen molar-refractivity contribution < 1.29 is 9.90 Å². The van der Waals surface area contributed by atoms with Gasteiger partial charge in [-0.3, -0.25) is 9.59 Å². The van der Waals surface area contributed by atoms with Crippen LogP contribution < -0.4 is 10.9 Å². The Kier molecular flexibility index (Phi) is 4.57. The molecule has 3 N–H and O–H groups in total. The van der Waals surface area contributed by atoms with Gasteiger partial charge in [0, 0.05) is 23.6 Å². The molecule has 1 aliphatic heterocycles. The summed E-state index contributed by atoms with van der Waals surface area (Å²) in [7, 11) is 0. The van der Waals surface area contributed by atoms with Crippen molar-refractivity contribution in [2.45, 2.75) is 44.7 Å². The maximum atomic E-state index is 13.1. The van der Waals surface area contributed by atoms with Gasteiger partial charge in [-0.15, -0.1) is 0 Å². The van der Waals surface area contributed by atoms with Crippen LogP contribution in [0.5, 0.6) is 5.75 Å². The minimum atomic E-state index is -0.493. The highest BCUT2D eigenvalue weighted by Gasteiger charge is 2.42. The van der Waals surface area contributed by atoms with Crippen LogP contribution in [0.15, 0.2) is 45.5 Å². The number of ketones is 1. The molecule has 0 spiro atoms. The predicted molar refractivity (Wildman–Crippen MR) is 110 cm³/mol. The molecule has 2 heterocycles. The first kappa shape index (κ1) is 18.8. The van der Waals surface area contributed by atoms with Crippen molar-refractivity contribution in [1.82, 2.24) is 9.97 Å². The highest BCUT2D eigenvalue weighted by Crippen LogP contribution is 2.47. The van der Waals surface area contributed by atoms with Crippen LogP contribution in [0.3, 0.4) is 0 Å². The van der Waals surface area contributed by atoms with Gasteiger partial charge in [0.25, 0.3) is 5.56 Å². The first-order chi connectivity index (χ1) is 13.3. The Balaban J connectivity index is 1.95. The average Bonchev–Trinajstić information content (AvgIpc) is 2.60. The molecule has 2 aromatic rings. The number of nitrogens with one attached hydrogen (secondary N) is 2. The molecule has 1 atom stereocenters. The summed E-state index contributed by atoms with van der Waals surface area (Å²) in [5, 5.41) is 13.5. The first-order valence-corrected chi connectivity index (χ1v) is 10.4. The van der Waals surface area contributed by atoms with E-state index in [0.29, 0.717) is 35.0 Å². The predicted octanol–water partition coefficient (Wildman–Crippen LogP) is 3.79. The number of Topliss-reactive ketones (excluding diaryl/α,β-unsaturated/α-hetero) is 1. The van der Waals surface area contributed by atoms with Gasteiger partial charge in [-0.2, -0.15) is 0 Å². The van der Waals surface area contributed by atoms with E-state index < -0.39 is 5.92 Å². The number of aromatic amines is 1. The van der Waals surface area contributed by atoms with Gasteiger partial charge in [-0.1, -0.05) is 44.7 Å². The Morgan fingerprint density at radius 2 is 1.93 bits per heavy atom. The number of anilines is 1. The molecule has 0 saturated carbocycles. The summed E-state index contributed by atoms with van der Waals surface area (Å²) in [5.74, 6) is 1.01. The van der Waals surface area contributed by atoms with E-state index in [2.05, 4.69) is 29.1 Å². The van der Waals surface area contributed by atoms with Gasteiger partial charge in [0.2, 0.25) is 0 Å². The summed E-state index contributed by atoms with van der Waals surface area (Å²) in [6.45, 7) is 6.15. The number of carbonyl (C=O) groups is 1. The summed E-state index contributed by atoms with van der Waals surface area (Å²) in [6.07, 6.45) is 1.15. The molecule has 6 nitrogen and oxygen atoms in total. The normalized spacial score (nSPS) is 20.4. The summed E-state index contributed by atoms with van der Waals surface area (Å²) < 4.78 is 0.